The summed E-state index contributed by atoms with van der Waals surface area (Å²) in [5.41, 5.74) is 0. The lowest BCUT2D eigenvalue weighted by atomic mass is 9.84. The zero-order chi connectivity index (χ0) is 11.0. The molecule has 2 heterocycles. The van der Waals surface area contributed by atoms with E-state index in [9.17, 15) is 5.11 Å². The summed E-state index contributed by atoms with van der Waals surface area (Å²) in [4.78, 5) is 0. The molecular weight excluding hydrogens is 192 g/mol. The van der Waals surface area contributed by atoms with Crippen molar-refractivity contribution < 1.29 is 14.3 Å². The first kappa shape index (κ1) is 10.7. The van der Waals surface area contributed by atoms with Crippen molar-refractivity contribution in [1.82, 2.24) is 0 Å². The minimum Gasteiger partial charge on any atom is -0.467 e. The van der Waals surface area contributed by atoms with Crippen LogP contribution >= 0.6 is 0 Å². The molecule has 5 unspecified atom stereocenters. The number of hydrogen-bond donors (Lipinski definition) is 1. The maximum absolute atomic E-state index is 10.2. The van der Waals surface area contributed by atoms with Gasteiger partial charge in [0.05, 0.1) is 18.5 Å². The van der Waals surface area contributed by atoms with Crippen molar-refractivity contribution in [3.63, 3.8) is 0 Å². The average molecular weight is 210 g/mol. The first-order valence-corrected chi connectivity index (χ1v) is 5.48. The summed E-state index contributed by atoms with van der Waals surface area (Å²) in [6.45, 7) is 6.18. The van der Waals surface area contributed by atoms with E-state index in [1.165, 1.54) is 0 Å². The molecule has 2 rings (SSSR count). The lowest BCUT2D eigenvalue weighted by Gasteiger charge is -2.22. The molecule has 1 aromatic heterocycles. The Kier molecular flexibility index (Phi) is 2.85. The van der Waals surface area contributed by atoms with Gasteiger partial charge in [-0.05, 0) is 31.9 Å². The SMILES string of the molecule is CC1OC(C)C(C(O)c2ccco2)C1C. The van der Waals surface area contributed by atoms with Crippen molar-refractivity contribution >= 4 is 0 Å². The van der Waals surface area contributed by atoms with Crippen LogP contribution in [0, 0.1) is 11.8 Å². The van der Waals surface area contributed by atoms with E-state index in [2.05, 4.69) is 13.8 Å². The summed E-state index contributed by atoms with van der Waals surface area (Å²) >= 11 is 0. The van der Waals surface area contributed by atoms with Gasteiger partial charge in [-0.25, -0.2) is 0 Å². The number of ether oxygens (including phenoxy) is 1. The summed E-state index contributed by atoms with van der Waals surface area (Å²) in [7, 11) is 0. The van der Waals surface area contributed by atoms with Crippen molar-refractivity contribution in [2.45, 2.75) is 39.1 Å². The first-order chi connectivity index (χ1) is 7.11. The summed E-state index contributed by atoms with van der Waals surface area (Å²) in [6, 6.07) is 3.61. The van der Waals surface area contributed by atoms with Gasteiger partial charge in [-0.15, -0.1) is 0 Å². The van der Waals surface area contributed by atoms with Gasteiger partial charge in [-0.3, -0.25) is 0 Å². The fourth-order valence-electron chi connectivity index (χ4n) is 2.49. The zero-order valence-electron chi connectivity index (χ0n) is 9.38. The van der Waals surface area contributed by atoms with Crippen LogP contribution in [-0.4, -0.2) is 17.3 Å². The van der Waals surface area contributed by atoms with Crippen molar-refractivity contribution in [2.75, 3.05) is 0 Å². The van der Waals surface area contributed by atoms with Gasteiger partial charge in [-0.2, -0.15) is 0 Å². The predicted octanol–water partition coefficient (Wildman–Crippen LogP) is 2.37. The molecule has 1 aliphatic heterocycles. The molecule has 1 saturated heterocycles. The highest BCUT2D eigenvalue weighted by Gasteiger charge is 2.42. The standard InChI is InChI=1S/C12H18O3/c1-7-8(2)15-9(3)11(7)12(13)10-5-4-6-14-10/h4-9,11-13H,1-3H3. The Labute approximate surface area is 90.0 Å². The fraction of sp³-hybridized carbons (Fsp3) is 0.667. The maximum atomic E-state index is 10.2. The molecule has 0 bridgehead atoms. The molecule has 0 aromatic carbocycles. The summed E-state index contributed by atoms with van der Waals surface area (Å²) < 4.78 is 10.9. The Hall–Kier alpha value is -0.800. The van der Waals surface area contributed by atoms with Crippen LogP contribution in [-0.2, 0) is 4.74 Å². The second kappa shape index (κ2) is 3.99. The van der Waals surface area contributed by atoms with E-state index in [1.54, 1.807) is 12.3 Å². The van der Waals surface area contributed by atoms with Crippen LogP contribution in [0.4, 0.5) is 0 Å². The highest BCUT2D eigenvalue weighted by molar-refractivity contribution is 5.06. The number of aliphatic hydroxyl groups excluding tert-OH is 1. The minimum absolute atomic E-state index is 0.0788. The summed E-state index contributed by atoms with van der Waals surface area (Å²) in [5.74, 6) is 1.10. The monoisotopic (exact) mass is 210 g/mol. The topological polar surface area (TPSA) is 42.6 Å². The van der Waals surface area contributed by atoms with Crippen molar-refractivity contribution in [2.24, 2.45) is 11.8 Å². The number of aliphatic hydroxyl groups is 1. The fourth-order valence-corrected chi connectivity index (χ4v) is 2.49. The Balaban J connectivity index is 2.16. The smallest absolute Gasteiger partial charge is 0.132 e. The Bertz CT molecular complexity index is 307. The zero-order valence-corrected chi connectivity index (χ0v) is 9.38. The van der Waals surface area contributed by atoms with Gasteiger partial charge in [0.2, 0.25) is 0 Å². The van der Waals surface area contributed by atoms with E-state index in [0.717, 1.165) is 0 Å². The average Bonchev–Trinajstić information content (AvgIpc) is 2.76. The molecule has 1 N–H and O–H groups in total. The second-order valence-electron chi connectivity index (χ2n) is 4.44. The van der Waals surface area contributed by atoms with Crippen LogP contribution in [0.15, 0.2) is 22.8 Å². The van der Waals surface area contributed by atoms with Gasteiger partial charge in [0, 0.05) is 5.92 Å². The van der Waals surface area contributed by atoms with E-state index in [4.69, 9.17) is 9.15 Å². The van der Waals surface area contributed by atoms with Crippen LogP contribution in [0.25, 0.3) is 0 Å². The van der Waals surface area contributed by atoms with Crippen LogP contribution in [0.3, 0.4) is 0 Å². The molecule has 3 nitrogen and oxygen atoms in total. The van der Waals surface area contributed by atoms with Crippen LogP contribution < -0.4 is 0 Å². The predicted molar refractivity (Wildman–Crippen MR) is 56.3 cm³/mol. The van der Waals surface area contributed by atoms with Crippen LogP contribution in [0.2, 0.25) is 0 Å². The number of hydrogen-bond acceptors (Lipinski definition) is 3. The largest absolute Gasteiger partial charge is 0.467 e. The van der Waals surface area contributed by atoms with Gasteiger partial charge in [-0.1, -0.05) is 6.92 Å². The van der Waals surface area contributed by atoms with Crippen molar-refractivity contribution in [3.8, 4) is 0 Å². The van der Waals surface area contributed by atoms with E-state index in [1.807, 2.05) is 13.0 Å². The normalized spacial score (nSPS) is 38.1. The minimum atomic E-state index is -0.560. The lowest BCUT2D eigenvalue weighted by Crippen LogP contribution is -2.24. The van der Waals surface area contributed by atoms with Crippen molar-refractivity contribution in [3.05, 3.63) is 24.2 Å². The Morgan fingerprint density at radius 2 is 2.00 bits per heavy atom. The van der Waals surface area contributed by atoms with Gasteiger partial charge < -0.3 is 14.3 Å². The molecule has 84 valence electrons. The molecule has 1 fully saturated rings. The Morgan fingerprint density at radius 1 is 1.27 bits per heavy atom. The van der Waals surface area contributed by atoms with Gasteiger partial charge in [0.25, 0.3) is 0 Å². The third kappa shape index (κ3) is 1.82. The van der Waals surface area contributed by atoms with E-state index in [-0.39, 0.29) is 18.1 Å². The van der Waals surface area contributed by atoms with Crippen molar-refractivity contribution in [1.29, 1.82) is 0 Å². The Morgan fingerprint density at radius 3 is 2.47 bits per heavy atom. The van der Waals surface area contributed by atoms with Gasteiger partial charge >= 0.3 is 0 Å². The molecule has 1 aliphatic rings. The quantitative estimate of drug-likeness (QED) is 0.814. The molecule has 0 aliphatic carbocycles. The van der Waals surface area contributed by atoms with Crippen LogP contribution in [0.5, 0.6) is 0 Å². The molecular formula is C12H18O3. The molecule has 3 heteroatoms. The first-order valence-electron chi connectivity index (χ1n) is 5.48. The molecule has 0 radical (unpaired) electrons. The van der Waals surface area contributed by atoms with Gasteiger partial charge in [0.15, 0.2) is 0 Å². The third-order valence-electron chi connectivity index (χ3n) is 3.52. The lowest BCUT2D eigenvalue weighted by molar-refractivity contribution is 0.0156. The van der Waals surface area contributed by atoms with E-state index in [0.29, 0.717) is 11.7 Å². The van der Waals surface area contributed by atoms with E-state index >= 15 is 0 Å². The maximum Gasteiger partial charge on any atom is 0.132 e. The number of furan rings is 1. The highest BCUT2D eigenvalue weighted by atomic mass is 16.5. The molecule has 5 atom stereocenters. The summed E-state index contributed by atoms with van der Waals surface area (Å²) in [5, 5.41) is 10.2. The molecule has 1 aromatic rings. The molecule has 0 saturated carbocycles. The van der Waals surface area contributed by atoms with Gasteiger partial charge in [0.1, 0.15) is 11.9 Å². The van der Waals surface area contributed by atoms with Crippen LogP contribution in [0.1, 0.15) is 32.6 Å². The molecule has 15 heavy (non-hydrogen) atoms. The second-order valence-corrected chi connectivity index (χ2v) is 4.44. The molecule has 0 spiro atoms. The summed E-state index contributed by atoms with van der Waals surface area (Å²) in [6.07, 6.45) is 1.31. The van der Waals surface area contributed by atoms with E-state index < -0.39 is 6.10 Å². The third-order valence-corrected chi connectivity index (χ3v) is 3.52. The highest BCUT2D eigenvalue weighted by Crippen LogP contribution is 2.40. The molecule has 0 amide bonds. The number of rotatable bonds is 2.